The maximum absolute atomic E-state index is 11.9. The molecule has 0 aliphatic carbocycles. The van der Waals surface area contributed by atoms with Crippen molar-refractivity contribution in [1.29, 1.82) is 0 Å². The summed E-state index contributed by atoms with van der Waals surface area (Å²) in [4.78, 5) is 25.1. The van der Waals surface area contributed by atoms with Crippen LogP contribution in [0.2, 0.25) is 6.32 Å². The Morgan fingerprint density at radius 1 is 1.48 bits per heavy atom. The van der Waals surface area contributed by atoms with E-state index in [1.165, 1.54) is 0 Å². The molecule has 0 radical (unpaired) electrons. The number of nitrogens with zero attached hydrogens (tertiary/aromatic N) is 1. The average molecular weight is 366 g/mol. The van der Waals surface area contributed by atoms with Crippen molar-refractivity contribution >= 4 is 31.6 Å². The maximum Gasteiger partial charge on any atom is 0.522 e. The van der Waals surface area contributed by atoms with Crippen molar-refractivity contribution in [2.75, 3.05) is 18.8 Å². The van der Waals surface area contributed by atoms with E-state index in [-0.39, 0.29) is 34.8 Å². The molecule has 1 aromatic rings. The fourth-order valence-corrected chi connectivity index (χ4v) is 3.05. The summed E-state index contributed by atoms with van der Waals surface area (Å²) < 4.78 is 11.1. The van der Waals surface area contributed by atoms with Crippen LogP contribution < -0.4 is 15.1 Å². The first-order chi connectivity index (χ1) is 11.9. The molecule has 8 nitrogen and oxygen atoms in total. The molecular weight excluding hydrogens is 347 g/mol. The minimum Gasteiger partial charge on any atom is -0.535 e. The Balaban J connectivity index is 1.73. The van der Waals surface area contributed by atoms with Gasteiger partial charge in [0.1, 0.15) is 23.2 Å². The summed E-state index contributed by atoms with van der Waals surface area (Å²) in [5, 5.41) is 19.2. The first-order valence-electron chi connectivity index (χ1n) is 7.96. The van der Waals surface area contributed by atoms with Crippen molar-refractivity contribution in [3.8, 4) is 11.5 Å². The maximum atomic E-state index is 11.9. The van der Waals surface area contributed by atoms with E-state index in [2.05, 4.69) is 12.6 Å². The normalized spacial score (nSPS) is 18.0. The van der Waals surface area contributed by atoms with E-state index in [0.717, 1.165) is 5.56 Å². The average Bonchev–Trinajstić information content (AvgIpc) is 2.55. The highest BCUT2D eigenvalue weighted by Gasteiger charge is 2.36. The molecule has 2 aliphatic heterocycles. The summed E-state index contributed by atoms with van der Waals surface area (Å²) in [6.45, 7) is 0.667. The summed E-state index contributed by atoms with van der Waals surface area (Å²) >= 11 is 4.00. The molecule has 1 saturated heterocycles. The van der Waals surface area contributed by atoms with E-state index in [4.69, 9.17) is 15.1 Å². The first-order valence-corrected chi connectivity index (χ1v) is 8.59. The highest BCUT2D eigenvalue weighted by molar-refractivity contribution is 7.80. The molecule has 0 aromatic heterocycles. The zero-order valence-corrected chi connectivity index (χ0v) is 14.3. The second-order valence-electron chi connectivity index (χ2n) is 6.12. The van der Waals surface area contributed by atoms with Gasteiger partial charge in [0.15, 0.2) is 0 Å². The van der Waals surface area contributed by atoms with E-state index >= 15 is 0 Å². The molecule has 1 fully saturated rings. The number of amides is 1. The van der Waals surface area contributed by atoms with Gasteiger partial charge in [-0.25, -0.2) is 4.79 Å². The molecule has 1 atom stereocenters. The van der Waals surface area contributed by atoms with E-state index < -0.39 is 19.1 Å². The van der Waals surface area contributed by atoms with Gasteiger partial charge in [-0.05, 0) is 24.4 Å². The van der Waals surface area contributed by atoms with Gasteiger partial charge in [-0.15, -0.1) is 0 Å². The lowest BCUT2D eigenvalue weighted by atomic mass is 9.78. The summed E-state index contributed by atoms with van der Waals surface area (Å²) in [5.41, 5.74) is 6.27. The van der Waals surface area contributed by atoms with Crippen molar-refractivity contribution in [3.63, 3.8) is 0 Å². The van der Waals surface area contributed by atoms with Crippen molar-refractivity contribution in [2.45, 2.75) is 24.9 Å². The Bertz CT molecular complexity index is 697. The van der Waals surface area contributed by atoms with Gasteiger partial charge in [0.05, 0.1) is 19.1 Å². The van der Waals surface area contributed by atoms with Crippen molar-refractivity contribution in [3.05, 3.63) is 23.3 Å². The van der Waals surface area contributed by atoms with Crippen LogP contribution in [-0.2, 0) is 11.2 Å². The Morgan fingerprint density at radius 2 is 2.20 bits per heavy atom. The number of rotatable bonds is 5. The van der Waals surface area contributed by atoms with Gasteiger partial charge in [0, 0.05) is 5.75 Å². The lowest BCUT2D eigenvalue weighted by Gasteiger charge is -2.40. The summed E-state index contributed by atoms with van der Waals surface area (Å²) in [5.74, 6) is -0.825. The second kappa shape index (κ2) is 7.15. The number of carboxylic acids is 1. The number of likely N-dealkylation sites (tertiary alicyclic amines) is 1. The lowest BCUT2D eigenvalue weighted by Crippen LogP contribution is -2.60. The SMILES string of the molecule is NC(CS)C(=O)N1CC(Oc2ccc3c(c2C(=O)O)OB(O)CC3)C1. The number of aryl methyl sites for hydroxylation is 1. The van der Waals surface area contributed by atoms with Crippen LogP contribution in [0.1, 0.15) is 15.9 Å². The number of benzene rings is 1. The fraction of sp³-hybridized carbons (Fsp3) is 0.467. The number of carboxylic acid groups (broad SMARTS) is 1. The van der Waals surface area contributed by atoms with Gasteiger partial charge in [-0.1, -0.05) is 6.07 Å². The molecule has 2 heterocycles. The molecule has 2 aliphatic rings. The number of carbonyl (C=O) groups is 2. The zero-order valence-electron chi connectivity index (χ0n) is 13.4. The third-order valence-corrected chi connectivity index (χ3v) is 4.69. The molecule has 0 bridgehead atoms. The van der Waals surface area contributed by atoms with E-state index in [0.29, 0.717) is 25.8 Å². The Kier molecular flexibility index (Phi) is 5.12. The van der Waals surface area contributed by atoms with Gasteiger partial charge in [-0.3, -0.25) is 4.79 Å². The third kappa shape index (κ3) is 3.56. The van der Waals surface area contributed by atoms with Gasteiger partial charge >= 0.3 is 13.1 Å². The Morgan fingerprint density at radius 3 is 2.84 bits per heavy atom. The monoisotopic (exact) mass is 366 g/mol. The van der Waals surface area contributed by atoms with Crippen LogP contribution in [0.4, 0.5) is 0 Å². The quantitative estimate of drug-likeness (QED) is 0.415. The summed E-state index contributed by atoms with van der Waals surface area (Å²) in [7, 11) is -1.03. The molecule has 0 spiro atoms. The summed E-state index contributed by atoms with van der Waals surface area (Å²) in [6.07, 6.45) is 0.627. The van der Waals surface area contributed by atoms with Crippen LogP contribution in [0.25, 0.3) is 0 Å². The van der Waals surface area contributed by atoms with Crippen molar-refractivity contribution in [2.24, 2.45) is 5.73 Å². The van der Waals surface area contributed by atoms with Gasteiger partial charge in [-0.2, -0.15) is 12.6 Å². The first kappa shape index (κ1) is 17.9. The number of hydrogen-bond acceptors (Lipinski definition) is 7. The van der Waals surface area contributed by atoms with Crippen LogP contribution in [-0.4, -0.2) is 65.0 Å². The van der Waals surface area contributed by atoms with Gasteiger partial charge in [0.2, 0.25) is 5.91 Å². The molecule has 3 rings (SSSR count). The minimum absolute atomic E-state index is 0.104. The molecular formula is C15H19BN2O6S. The molecule has 4 N–H and O–H groups in total. The van der Waals surface area contributed by atoms with Crippen LogP contribution >= 0.6 is 12.6 Å². The number of carbonyl (C=O) groups excluding carboxylic acids is 1. The van der Waals surface area contributed by atoms with Gasteiger partial charge in [0.25, 0.3) is 0 Å². The van der Waals surface area contributed by atoms with Crippen LogP contribution in [0, 0.1) is 0 Å². The third-order valence-electron chi connectivity index (χ3n) is 4.30. The molecule has 25 heavy (non-hydrogen) atoms. The lowest BCUT2D eigenvalue weighted by molar-refractivity contribution is -0.140. The second-order valence-corrected chi connectivity index (χ2v) is 6.48. The van der Waals surface area contributed by atoms with Crippen LogP contribution in [0.15, 0.2) is 12.1 Å². The molecule has 134 valence electrons. The zero-order chi connectivity index (χ0) is 18.1. The number of aromatic carboxylic acids is 1. The minimum atomic E-state index is -1.19. The molecule has 0 saturated carbocycles. The molecule has 1 amide bonds. The molecule has 1 aromatic carbocycles. The van der Waals surface area contributed by atoms with E-state index in [1.54, 1.807) is 17.0 Å². The van der Waals surface area contributed by atoms with E-state index in [9.17, 15) is 19.7 Å². The Hall–Kier alpha value is -1.91. The Labute approximate surface area is 150 Å². The topological polar surface area (TPSA) is 122 Å². The van der Waals surface area contributed by atoms with Gasteiger partial charge < -0.3 is 30.2 Å². The number of hydrogen-bond donors (Lipinski definition) is 4. The predicted octanol–water partition coefficient (Wildman–Crippen LogP) is -0.353. The number of thiol groups is 1. The highest BCUT2D eigenvalue weighted by atomic mass is 32.1. The molecule has 10 heteroatoms. The van der Waals surface area contributed by atoms with E-state index in [1.807, 2.05) is 0 Å². The summed E-state index contributed by atoms with van der Waals surface area (Å²) in [6, 6.07) is 2.67. The van der Waals surface area contributed by atoms with Crippen LogP contribution in [0.5, 0.6) is 11.5 Å². The highest BCUT2D eigenvalue weighted by Crippen LogP contribution is 2.37. The molecule has 1 unspecified atom stereocenters. The number of ether oxygens (including phenoxy) is 1. The standard InChI is InChI=1S/C15H19BN2O6S/c17-10(7-25)14(19)18-5-9(6-18)23-11-2-1-8-3-4-16(22)24-13(8)12(11)15(20)21/h1-2,9-10,22,25H,3-7,17H2,(H,20,21). The predicted molar refractivity (Wildman–Crippen MR) is 93.3 cm³/mol. The number of fused-ring (bicyclic) bond motifs is 1. The largest absolute Gasteiger partial charge is 0.535 e. The smallest absolute Gasteiger partial charge is 0.522 e. The van der Waals surface area contributed by atoms with Crippen LogP contribution in [0.3, 0.4) is 0 Å². The van der Waals surface area contributed by atoms with Crippen molar-refractivity contribution in [1.82, 2.24) is 4.90 Å². The van der Waals surface area contributed by atoms with Crippen molar-refractivity contribution < 1.29 is 29.1 Å². The fourth-order valence-electron chi connectivity index (χ4n) is 2.90. The number of nitrogens with two attached hydrogens (primary N) is 1.